The maximum atomic E-state index is 3.74. The lowest BCUT2D eigenvalue weighted by Crippen LogP contribution is -1.91. The van der Waals surface area contributed by atoms with Gasteiger partial charge in [-0.25, -0.2) is 0 Å². The third-order valence-corrected chi connectivity index (χ3v) is 4.65. The van der Waals surface area contributed by atoms with Gasteiger partial charge in [-0.2, -0.15) is 0 Å². The molecular weight excluding hydrogens is 296 g/mol. The lowest BCUT2D eigenvalue weighted by Gasteiger charge is -2.12. The van der Waals surface area contributed by atoms with Gasteiger partial charge in [0.1, 0.15) is 0 Å². The zero-order chi connectivity index (χ0) is 13.6. The summed E-state index contributed by atoms with van der Waals surface area (Å²) in [7, 11) is 0. The topological polar surface area (TPSA) is 0 Å². The summed E-state index contributed by atoms with van der Waals surface area (Å²) < 4.78 is 1.20. The van der Waals surface area contributed by atoms with E-state index >= 15 is 0 Å². The van der Waals surface area contributed by atoms with Gasteiger partial charge in [-0.15, -0.1) is 0 Å². The van der Waals surface area contributed by atoms with Gasteiger partial charge in [0, 0.05) is 4.47 Å². The molecule has 0 saturated carbocycles. The molecule has 0 amide bonds. The number of hydrogen-bond donors (Lipinski definition) is 0. The van der Waals surface area contributed by atoms with Crippen LogP contribution in [0.4, 0.5) is 0 Å². The molecule has 0 aromatic heterocycles. The molecule has 0 aliphatic heterocycles. The van der Waals surface area contributed by atoms with E-state index in [0.717, 1.165) is 6.42 Å². The summed E-state index contributed by atoms with van der Waals surface area (Å²) in [6.45, 7) is 6.57. The number of allylic oxidation sites excluding steroid dienone is 1. The molecule has 0 atom stereocenters. The molecule has 1 aliphatic carbocycles. The van der Waals surface area contributed by atoms with Crippen LogP contribution in [-0.4, -0.2) is 0 Å². The molecule has 0 spiro atoms. The zero-order valence-electron chi connectivity index (χ0n) is 11.5. The van der Waals surface area contributed by atoms with Crippen LogP contribution in [0.3, 0.4) is 0 Å². The molecule has 0 unspecified atom stereocenters. The Kier molecular flexibility index (Phi) is 3.10. The lowest BCUT2D eigenvalue weighted by molar-refractivity contribution is 1.19. The Labute approximate surface area is 123 Å². The number of fused-ring (bicyclic) bond motifs is 1. The van der Waals surface area contributed by atoms with Gasteiger partial charge >= 0.3 is 0 Å². The Bertz CT molecular complexity index is 693. The van der Waals surface area contributed by atoms with Gasteiger partial charge in [0.05, 0.1) is 0 Å². The Morgan fingerprint density at radius 1 is 1.00 bits per heavy atom. The molecule has 0 bridgehead atoms. The summed E-state index contributed by atoms with van der Waals surface area (Å²) in [5.41, 5.74) is 9.58. The summed E-state index contributed by atoms with van der Waals surface area (Å²) in [6, 6.07) is 11.1. The smallest absolute Gasteiger partial charge is 0.0257 e. The predicted octanol–water partition coefficient (Wildman–Crippen LogP) is 5.69. The van der Waals surface area contributed by atoms with Gasteiger partial charge in [0.25, 0.3) is 0 Å². The highest BCUT2D eigenvalue weighted by Crippen LogP contribution is 2.37. The summed E-state index contributed by atoms with van der Waals surface area (Å²) in [4.78, 5) is 0. The standard InChI is InChI=1S/C18H17Br/c1-11-7-14-9-17(18(19)10-15(14)8-11)16-6-4-5-12(2)13(16)3/h4-7,9-10H,8H2,1-3H3. The van der Waals surface area contributed by atoms with Crippen molar-refractivity contribution < 1.29 is 0 Å². The molecule has 0 heterocycles. The molecule has 2 aromatic rings. The minimum absolute atomic E-state index is 1.08. The quantitative estimate of drug-likeness (QED) is 0.634. The Morgan fingerprint density at radius 2 is 1.79 bits per heavy atom. The number of halogens is 1. The SMILES string of the molecule is CC1=Cc2cc(-c3cccc(C)c3C)c(Br)cc2C1. The fourth-order valence-electron chi connectivity index (χ4n) is 2.78. The molecule has 2 aromatic carbocycles. The highest BCUT2D eigenvalue weighted by molar-refractivity contribution is 9.10. The van der Waals surface area contributed by atoms with Crippen molar-refractivity contribution in [1.29, 1.82) is 0 Å². The number of benzene rings is 2. The van der Waals surface area contributed by atoms with Crippen molar-refractivity contribution in [3.05, 3.63) is 62.6 Å². The molecule has 0 fully saturated rings. The second kappa shape index (κ2) is 4.64. The van der Waals surface area contributed by atoms with E-state index in [-0.39, 0.29) is 0 Å². The maximum Gasteiger partial charge on any atom is 0.0257 e. The van der Waals surface area contributed by atoms with E-state index in [1.807, 2.05) is 0 Å². The van der Waals surface area contributed by atoms with Gasteiger partial charge in [0.15, 0.2) is 0 Å². The van der Waals surface area contributed by atoms with E-state index < -0.39 is 0 Å². The van der Waals surface area contributed by atoms with Gasteiger partial charge in [-0.05, 0) is 72.7 Å². The van der Waals surface area contributed by atoms with Gasteiger partial charge in [-0.3, -0.25) is 0 Å². The van der Waals surface area contributed by atoms with E-state index in [0.29, 0.717) is 0 Å². The normalized spacial score (nSPS) is 13.4. The largest absolute Gasteiger partial charge is 0.0683 e. The lowest BCUT2D eigenvalue weighted by atomic mass is 9.95. The second-order valence-electron chi connectivity index (χ2n) is 5.45. The fraction of sp³-hybridized carbons (Fsp3) is 0.222. The van der Waals surface area contributed by atoms with Crippen molar-refractivity contribution in [3.63, 3.8) is 0 Å². The minimum atomic E-state index is 1.08. The molecule has 0 N–H and O–H groups in total. The van der Waals surface area contributed by atoms with E-state index in [1.165, 1.54) is 43.4 Å². The second-order valence-corrected chi connectivity index (χ2v) is 6.30. The highest BCUT2D eigenvalue weighted by Gasteiger charge is 2.15. The van der Waals surface area contributed by atoms with E-state index in [4.69, 9.17) is 0 Å². The average molecular weight is 313 g/mol. The van der Waals surface area contributed by atoms with E-state index in [9.17, 15) is 0 Å². The van der Waals surface area contributed by atoms with Crippen molar-refractivity contribution >= 4 is 22.0 Å². The van der Waals surface area contributed by atoms with Gasteiger partial charge < -0.3 is 0 Å². The summed E-state index contributed by atoms with van der Waals surface area (Å²) in [5.74, 6) is 0. The molecule has 1 heteroatoms. The third-order valence-electron chi connectivity index (χ3n) is 3.99. The van der Waals surface area contributed by atoms with Crippen molar-refractivity contribution in [3.8, 4) is 11.1 Å². The Morgan fingerprint density at radius 3 is 2.58 bits per heavy atom. The summed E-state index contributed by atoms with van der Waals surface area (Å²) in [5, 5.41) is 0. The van der Waals surface area contributed by atoms with Crippen molar-refractivity contribution in [2.75, 3.05) is 0 Å². The number of hydrogen-bond acceptors (Lipinski definition) is 0. The van der Waals surface area contributed by atoms with Crippen LogP contribution in [0.25, 0.3) is 17.2 Å². The van der Waals surface area contributed by atoms with E-state index in [1.54, 1.807) is 0 Å². The summed E-state index contributed by atoms with van der Waals surface area (Å²) >= 11 is 3.74. The average Bonchev–Trinajstić information content (AvgIpc) is 2.71. The van der Waals surface area contributed by atoms with Gasteiger partial charge in [-0.1, -0.05) is 45.8 Å². The van der Waals surface area contributed by atoms with Crippen LogP contribution in [0.1, 0.15) is 29.2 Å². The molecule has 0 saturated heterocycles. The van der Waals surface area contributed by atoms with Crippen LogP contribution >= 0.6 is 15.9 Å². The van der Waals surface area contributed by atoms with Crippen LogP contribution in [0.15, 0.2) is 40.4 Å². The zero-order valence-corrected chi connectivity index (χ0v) is 13.1. The third kappa shape index (κ3) is 2.17. The number of rotatable bonds is 1. The first-order valence-corrected chi connectivity index (χ1v) is 7.42. The maximum absolute atomic E-state index is 3.74. The Balaban J connectivity index is 2.21. The monoisotopic (exact) mass is 312 g/mol. The number of aryl methyl sites for hydroxylation is 1. The Hall–Kier alpha value is -1.34. The fourth-order valence-corrected chi connectivity index (χ4v) is 3.39. The van der Waals surface area contributed by atoms with Crippen molar-refractivity contribution in [2.24, 2.45) is 0 Å². The first-order chi connectivity index (χ1) is 9.06. The first kappa shape index (κ1) is 12.7. The van der Waals surface area contributed by atoms with E-state index in [2.05, 4.69) is 73.1 Å². The van der Waals surface area contributed by atoms with Crippen LogP contribution in [0.5, 0.6) is 0 Å². The van der Waals surface area contributed by atoms with Crippen LogP contribution in [-0.2, 0) is 6.42 Å². The summed E-state index contributed by atoms with van der Waals surface area (Å²) in [6.07, 6.45) is 3.39. The van der Waals surface area contributed by atoms with Crippen molar-refractivity contribution in [2.45, 2.75) is 27.2 Å². The van der Waals surface area contributed by atoms with Crippen molar-refractivity contribution in [1.82, 2.24) is 0 Å². The highest BCUT2D eigenvalue weighted by atomic mass is 79.9. The van der Waals surface area contributed by atoms with Gasteiger partial charge in [0.2, 0.25) is 0 Å². The first-order valence-electron chi connectivity index (χ1n) is 6.62. The van der Waals surface area contributed by atoms with Crippen LogP contribution in [0, 0.1) is 13.8 Å². The van der Waals surface area contributed by atoms with Crippen LogP contribution < -0.4 is 0 Å². The molecular formula is C18H17Br. The van der Waals surface area contributed by atoms with Crippen LogP contribution in [0.2, 0.25) is 0 Å². The predicted molar refractivity (Wildman–Crippen MR) is 86.4 cm³/mol. The molecule has 3 rings (SSSR count). The molecule has 0 radical (unpaired) electrons. The molecule has 0 nitrogen and oxygen atoms in total. The molecule has 1 aliphatic rings. The minimum Gasteiger partial charge on any atom is -0.0683 e. The molecule has 19 heavy (non-hydrogen) atoms. The molecule has 96 valence electrons.